The van der Waals surface area contributed by atoms with E-state index in [0.29, 0.717) is 5.52 Å². The molecule has 0 fully saturated rings. The summed E-state index contributed by atoms with van der Waals surface area (Å²) in [4.78, 5) is 4.40. The van der Waals surface area contributed by atoms with Gasteiger partial charge < -0.3 is 4.57 Å². The van der Waals surface area contributed by atoms with Crippen molar-refractivity contribution in [2.24, 2.45) is 0 Å². The normalized spacial score (nSPS) is 16.3. The molecular weight excluding hydrogens is 191 g/mol. The molecule has 2 nitrogen and oxygen atoms in total. The molecule has 2 heterocycles. The summed E-state index contributed by atoms with van der Waals surface area (Å²) in [5.74, 6) is 0.848. The van der Waals surface area contributed by atoms with E-state index in [1.54, 1.807) is 6.07 Å². The van der Waals surface area contributed by atoms with Crippen molar-refractivity contribution in [2.75, 3.05) is 0 Å². The van der Waals surface area contributed by atoms with Gasteiger partial charge in [-0.2, -0.15) is 0 Å². The van der Waals surface area contributed by atoms with Gasteiger partial charge in [0.2, 0.25) is 0 Å². The summed E-state index contributed by atoms with van der Waals surface area (Å²) in [5.41, 5.74) is 1.49. The average molecular weight is 204 g/mol. The van der Waals surface area contributed by atoms with Crippen LogP contribution in [-0.4, -0.2) is 9.55 Å². The summed E-state index contributed by atoms with van der Waals surface area (Å²) < 4.78 is 15.7. The second-order valence-corrected chi connectivity index (χ2v) is 4.10. The van der Waals surface area contributed by atoms with Crippen molar-refractivity contribution < 1.29 is 4.39 Å². The second-order valence-electron chi connectivity index (χ2n) is 4.10. The molecular formula is C12H13FN2. The Labute approximate surface area is 87.7 Å². The van der Waals surface area contributed by atoms with Gasteiger partial charge >= 0.3 is 0 Å². The lowest BCUT2D eigenvalue weighted by atomic mass is 10.2. The molecule has 78 valence electrons. The van der Waals surface area contributed by atoms with Gasteiger partial charge in [0.25, 0.3) is 0 Å². The minimum absolute atomic E-state index is 0.201. The molecule has 1 aromatic heterocycles. The van der Waals surface area contributed by atoms with Crippen LogP contribution in [0.2, 0.25) is 0 Å². The summed E-state index contributed by atoms with van der Waals surface area (Å²) >= 11 is 0. The number of imidazole rings is 1. The third-order valence-electron chi connectivity index (χ3n) is 3.09. The van der Waals surface area contributed by atoms with E-state index >= 15 is 0 Å². The summed E-state index contributed by atoms with van der Waals surface area (Å²) in [5, 5.41) is 0. The van der Waals surface area contributed by atoms with Crippen LogP contribution in [0.3, 0.4) is 0 Å². The first kappa shape index (κ1) is 8.89. The van der Waals surface area contributed by atoms with E-state index in [9.17, 15) is 4.39 Å². The molecule has 1 aliphatic heterocycles. The van der Waals surface area contributed by atoms with Crippen LogP contribution in [0, 0.1) is 5.82 Å². The van der Waals surface area contributed by atoms with Crippen LogP contribution in [0.25, 0.3) is 11.0 Å². The first-order valence-electron chi connectivity index (χ1n) is 5.50. The Morgan fingerprint density at radius 2 is 2.13 bits per heavy atom. The van der Waals surface area contributed by atoms with Gasteiger partial charge in [-0.05, 0) is 25.0 Å². The van der Waals surface area contributed by atoms with E-state index in [4.69, 9.17) is 0 Å². The number of rotatable bonds is 0. The number of halogens is 1. The van der Waals surface area contributed by atoms with Crippen LogP contribution in [0.5, 0.6) is 0 Å². The zero-order valence-electron chi connectivity index (χ0n) is 8.54. The maximum atomic E-state index is 13.5. The van der Waals surface area contributed by atoms with Gasteiger partial charge in [-0.15, -0.1) is 0 Å². The Morgan fingerprint density at radius 1 is 1.20 bits per heavy atom. The molecule has 0 radical (unpaired) electrons. The van der Waals surface area contributed by atoms with Gasteiger partial charge in [0.15, 0.2) is 5.82 Å². The van der Waals surface area contributed by atoms with Crippen LogP contribution in [0.15, 0.2) is 18.2 Å². The number of benzene rings is 1. The van der Waals surface area contributed by atoms with E-state index in [2.05, 4.69) is 9.55 Å². The third kappa shape index (κ3) is 1.34. The summed E-state index contributed by atoms with van der Waals surface area (Å²) in [7, 11) is 0. The lowest BCUT2D eigenvalue weighted by Crippen LogP contribution is -1.99. The number of aromatic nitrogens is 2. The lowest BCUT2D eigenvalue weighted by Gasteiger charge is -2.03. The number of hydrogen-bond acceptors (Lipinski definition) is 1. The number of aryl methyl sites for hydroxylation is 2. The van der Waals surface area contributed by atoms with Gasteiger partial charge in [0.05, 0.1) is 5.52 Å². The van der Waals surface area contributed by atoms with E-state index < -0.39 is 0 Å². The molecule has 0 unspecified atom stereocenters. The van der Waals surface area contributed by atoms with Gasteiger partial charge in [0.1, 0.15) is 11.3 Å². The molecule has 3 heteroatoms. The highest BCUT2D eigenvalue weighted by molar-refractivity contribution is 5.76. The van der Waals surface area contributed by atoms with Crippen molar-refractivity contribution in [1.29, 1.82) is 0 Å². The number of para-hydroxylation sites is 1. The van der Waals surface area contributed by atoms with Gasteiger partial charge in [-0.25, -0.2) is 9.37 Å². The average Bonchev–Trinajstić information content (AvgIpc) is 2.45. The zero-order chi connectivity index (χ0) is 10.3. The van der Waals surface area contributed by atoms with Crippen molar-refractivity contribution in [3.8, 4) is 0 Å². The predicted octanol–water partition coefficient (Wildman–Crippen LogP) is 2.90. The largest absolute Gasteiger partial charge is 0.328 e. The summed E-state index contributed by atoms with van der Waals surface area (Å²) in [6.45, 7) is 0.981. The molecule has 1 aromatic carbocycles. The molecule has 0 N–H and O–H groups in total. The van der Waals surface area contributed by atoms with E-state index in [1.807, 2.05) is 6.07 Å². The molecule has 2 aromatic rings. The molecule has 0 aliphatic carbocycles. The Kier molecular flexibility index (Phi) is 1.97. The fourth-order valence-electron chi connectivity index (χ4n) is 2.33. The van der Waals surface area contributed by atoms with Crippen LogP contribution in [0.1, 0.15) is 25.1 Å². The summed E-state index contributed by atoms with van der Waals surface area (Å²) in [6.07, 6.45) is 4.58. The first-order chi connectivity index (χ1) is 7.36. The summed E-state index contributed by atoms with van der Waals surface area (Å²) in [6, 6.07) is 5.20. The Hall–Kier alpha value is -1.38. The van der Waals surface area contributed by atoms with Crippen molar-refractivity contribution in [1.82, 2.24) is 9.55 Å². The maximum Gasteiger partial charge on any atom is 0.151 e. The van der Waals surface area contributed by atoms with Crippen molar-refractivity contribution >= 4 is 11.0 Å². The van der Waals surface area contributed by atoms with Crippen LogP contribution >= 0.6 is 0 Å². The second kappa shape index (κ2) is 3.33. The quantitative estimate of drug-likeness (QED) is 0.645. The Balaban J connectivity index is 2.28. The van der Waals surface area contributed by atoms with Crippen molar-refractivity contribution in [3.63, 3.8) is 0 Å². The fraction of sp³-hybridized carbons (Fsp3) is 0.417. The van der Waals surface area contributed by atoms with Crippen LogP contribution in [-0.2, 0) is 13.0 Å². The minimum Gasteiger partial charge on any atom is -0.328 e. The third-order valence-corrected chi connectivity index (χ3v) is 3.09. The van der Waals surface area contributed by atoms with Crippen LogP contribution in [0.4, 0.5) is 4.39 Å². The molecule has 0 saturated heterocycles. The Bertz CT molecular complexity index is 502. The highest BCUT2D eigenvalue weighted by atomic mass is 19.1. The molecule has 0 saturated carbocycles. The molecule has 3 rings (SSSR count). The highest BCUT2D eigenvalue weighted by Crippen LogP contribution is 2.23. The minimum atomic E-state index is -0.201. The van der Waals surface area contributed by atoms with Gasteiger partial charge in [-0.3, -0.25) is 0 Å². The van der Waals surface area contributed by atoms with Crippen molar-refractivity contribution in [2.45, 2.75) is 32.2 Å². The zero-order valence-corrected chi connectivity index (χ0v) is 8.54. The SMILES string of the molecule is Fc1cccc2c1nc1n2CCCCC1. The molecule has 0 bridgehead atoms. The van der Waals surface area contributed by atoms with Crippen molar-refractivity contribution in [3.05, 3.63) is 29.8 Å². The standard InChI is InChI=1S/C12H13FN2/c13-9-5-4-6-10-12(9)14-11-7-2-1-3-8-15(10)11/h4-6H,1-3,7-8H2. The van der Waals surface area contributed by atoms with Gasteiger partial charge in [0, 0.05) is 13.0 Å². The number of hydrogen-bond donors (Lipinski definition) is 0. The monoisotopic (exact) mass is 204 g/mol. The van der Waals surface area contributed by atoms with E-state index in [0.717, 1.165) is 24.3 Å². The predicted molar refractivity (Wildman–Crippen MR) is 57.2 cm³/mol. The molecule has 0 amide bonds. The highest BCUT2D eigenvalue weighted by Gasteiger charge is 2.14. The van der Waals surface area contributed by atoms with E-state index in [1.165, 1.54) is 25.3 Å². The first-order valence-corrected chi connectivity index (χ1v) is 5.50. The Morgan fingerprint density at radius 3 is 3.07 bits per heavy atom. The maximum absolute atomic E-state index is 13.5. The number of fused-ring (bicyclic) bond motifs is 3. The smallest absolute Gasteiger partial charge is 0.151 e. The number of nitrogens with zero attached hydrogens (tertiary/aromatic N) is 2. The lowest BCUT2D eigenvalue weighted by molar-refractivity contribution is 0.634. The fourth-order valence-corrected chi connectivity index (χ4v) is 2.33. The van der Waals surface area contributed by atoms with Crippen LogP contribution < -0.4 is 0 Å². The van der Waals surface area contributed by atoms with E-state index in [-0.39, 0.29) is 5.82 Å². The molecule has 15 heavy (non-hydrogen) atoms. The van der Waals surface area contributed by atoms with Gasteiger partial charge in [-0.1, -0.05) is 12.5 Å². The molecule has 1 aliphatic rings. The molecule has 0 spiro atoms. The topological polar surface area (TPSA) is 17.8 Å². The molecule has 0 atom stereocenters.